The van der Waals surface area contributed by atoms with Crippen molar-refractivity contribution in [3.8, 4) is 28.8 Å². The van der Waals surface area contributed by atoms with Crippen molar-refractivity contribution in [2.24, 2.45) is 0 Å². The van der Waals surface area contributed by atoms with Gasteiger partial charge in [-0.2, -0.15) is 0 Å². The molecule has 10 nitrogen and oxygen atoms in total. The summed E-state index contributed by atoms with van der Waals surface area (Å²) < 4.78 is 12.9. The zero-order valence-corrected chi connectivity index (χ0v) is 25.4. The molecule has 0 unspecified atom stereocenters. The largest absolute Gasteiger partial charge is 0.493 e. The van der Waals surface area contributed by atoms with E-state index in [4.69, 9.17) is 21.1 Å². The number of methoxy groups -OCH3 is 1. The number of carbonyl (C=O) groups excluding carboxylic acids is 2. The van der Waals surface area contributed by atoms with Crippen LogP contribution in [0, 0.1) is 11.8 Å². The Morgan fingerprint density at radius 3 is 2.95 bits per heavy atom. The van der Waals surface area contributed by atoms with E-state index in [1.807, 2.05) is 39.9 Å². The Morgan fingerprint density at radius 2 is 2.11 bits per heavy atom. The third-order valence-electron chi connectivity index (χ3n) is 8.13. The topological polar surface area (TPSA) is 101 Å². The number of amides is 2. The molecule has 2 saturated heterocycles. The third kappa shape index (κ3) is 6.31. The summed E-state index contributed by atoms with van der Waals surface area (Å²) in [5.41, 5.74) is 7.80. The number of rotatable bonds is 7. The monoisotopic (exact) mass is 614 g/mol. The molecule has 2 N–H and O–H groups in total. The fourth-order valence-electron chi connectivity index (χ4n) is 5.87. The van der Waals surface area contributed by atoms with E-state index in [1.54, 1.807) is 31.6 Å². The van der Waals surface area contributed by atoms with Crippen LogP contribution >= 0.6 is 11.6 Å². The molecular weight excluding hydrogens is 580 g/mol. The van der Waals surface area contributed by atoms with Crippen LogP contribution in [0.1, 0.15) is 34.5 Å². The van der Waals surface area contributed by atoms with Gasteiger partial charge in [-0.05, 0) is 37.1 Å². The number of nitrogens with zero attached hydrogens (tertiary/aromatic N) is 4. The molecule has 3 aliphatic heterocycles. The van der Waals surface area contributed by atoms with Gasteiger partial charge in [-0.1, -0.05) is 35.6 Å². The van der Waals surface area contributed by atoms with Crippen LogP contribution in [0.3, 0.4) is 0 Å². The van der Waals surface area contributed by atoms with Gasteiger partial charge in [0.15, 0.2) is 5.75 Å². The lowest BCUT2D eigenvalue weighted by Crippen LogP contribution is -2.36. The number of fused-ring (bicyclic) bond motifs is 1. The van der Waals surface area contributed by atoms with Crippen molar-refractivity contribution in [2.75, 3.05) is 58.5 Å². The summed E-state index contributed by atoms with van der Waals surface area (Å²) in [7, 11) is 1.57. The smallest absolute Gasteiger partial charge is 0.253 e. The van der Waals surface area contributed by atoms with Crippen LogP contribution in [0.15, 0.2) is 54.9 Å². The number of carbonyl (C=O) groups is 2. The minimum Gasteiger partial charge on any atom is -0.493 e. The fraction of sp³-hybridized carbons (Fsp3) is 0.364. The molecule has 2 amide bonds. The molecular formula is C33H35ClN6O4. The molecule has 0 spiro atoms. The molecule has 228 valence electrons. The van der Waals surface area contributed by atoms with Crippen LogP contribution in [-0.2, 0) is 16.0 Å². The van der Waals surface area contributed by atoms with E-state index in [0.717, 1.165) is 62.6 Å². The quantitative estimate of drug-likeness (QED) is 0.310. The Kier molecular flexibility index (Phi) is 9.17. The Morgan fingerprint density at radius 1 is 1.25 bits per heavy atom. The number of hydrogen-bond donors (Lipinski definition) is 2. The average molecular weight is 615 g/mol. The number of hydrogen-bond acceptors (Lipinski definition) is 7. The molecule has 0 bridgehead atoms. The standard InChI is InChI=1S/C33H35ClN6O4/c1-43-32-27(34)6-2-7-28(32)37-40-29-12-14-36-33(42)26(29)21-30(40)25-11-13-35-22-23(25)9-10-24-5-3-16-39(24)31(41)8-4-15-38-17-19-44-20-18-38/h2,4,6-8,11,13,21-22,24,37H,3,5,12,14-20H2,1H3,(H,36,42)/b8-4+/t24-/m1/s1. The van der Waals surface area contributed by atoms with E-state index in [2.05, 4.69) is 32.5 Å². The van der Waals surface area contributed by atoms with Gasteiger partial charge in [0.2, 0.25) is 5.91 Å². The average Bonchev–Trinajstić information content (AvgIpc) is 3.67. The van der Waals surface area contributed by atoms with Gasteiger partial charge in [0.1, 0.15) is 0 Å². The lowest BCUT2D eigenvalue weighted by atomic mass is 10.1. The van der Waals surface area contributed by atoms with E-state index >= 15 is 0 Å². The number of morpholine rings is 1. The lowest BCUT2D eigenvalue weighted by Gasteiger charge is -2.25. The van der Waals surface area contributed by atoms with Gasteiger partial charge >= 0.3 is 0 Å². The Labute approximate surface area is 261 Å². The maximum absolute atomic E-state index is 13.1. The molecule has 3 aromatic rings. The molecule has 5 heterocycles. The molecule has 0 radical (unpaired) electrons. The van der Waals surface area contributed by atoms with Gasteiger partial charge in [-0.25, -0.2) is 0 Å². The molecule has 1 atom stereocenters. The number of ether oxygens (including phenoxy) is 2. The first-order valence-electron chi connectivity index (χ1n) is 14.9. The Balaban J connectivity index is 1.29. The van der Waals surface area contributed by atoms with Crippen LogP contribution in [0.5, 0.6) is 5.75 Å². The Bertz CT molecular complexity index is 1630. The number of likely N-dealkylation sites (tertiary alicyclic amines) is 1. The molecule has 3 aliphatic rings. The highest BCUT2D eigenvalue weighted by Crippen LogP contribution is 2.35. The second kappa shape index (κ2) is 13.6. The summed E-state index contributed by atoms with van der Waals surface area (Å²) in [5, 5.41) is 3.41. The summed E-state index contributed by atoms with van der Waals surface area (Å²) in [4.78, 5) is 34.4. The first-order valence-corrected chi connectivity index (χ1v) is 15.3. The van der Waals surface area contributed by atoms with Crippen molar-refractivity contribution in [3.05, 3.63) is 76.7 Å². The van der Waals surface area contributed by atoms with E-state index in [1.165, 1.54) is 0 Å². The zero-order chi connectivity index (χ0) is 30.5. The first kappa shape index (κ1) is 29.8. The van der Waals surface area contributed by atoms with Gasteiger partial charge in [0, 0.05) is 63.2 Å². The van der Waals surface area contributed by atoms with Gasteiger partial charge < -0.3 is 19.7 Å². The van der Waals surface area contributed by atoms with E-state index in [9.17, 15) is 9.59 Å². The fourth-order valence-corrected chi connectivity index (χ4v) is 6.13. The minimum absolute atomic E-state index is 0.0197. The van der Waals surface area contributed by atoms with E-state index in [0.29, 0.717) is 47.1 Å². The zero-order valence-electron chi connectivity index (χ0n) is 24.6. The van der Waals surface area contributed by atoms with Crippen molar-refractivity contribution in [2.45, 2.75) is 25.3 Å². The molecule has 44 heavy (non-hydrogen) atoms. The number of para-hydroxylation sites is 1. The van der Waals surface area contributed by atoms with Crippen molar-refractivity contribution in [1.29, 1.82) is 0 Å². The maximum atomic E-state index is 13.1. The molecule has 1 aromatic carbocycles. The van der Waals surface area contributed by atoms with Crippen LogP contribution in [0.2, 0.25) is 5.02 Å². The van der Waals surface area contributed by atoms with Gasteiger partial charge in [0.25, 0.3) is 5.91 Å². The highest BCUT2D eigenvalue weighted by Gasteiger charge is 2.28. The van der Waals surface area contributed by atoms with Crippen LogP contribution in [0.4, 0.5) is 5.69 Å². The molecule has 6 rings (SSSR count). The van der Waals surface area contributed by atoms with Crippen LogP contribution in [-0.4, -0.2) is 90.4 Å². The second-order valence-electron chi connectivity index (χ2n) is 10.9. The normalized spacial score (nSPS) is 18.5. The number of anilines is 1. The van der Waals surface area contributed by atoms with Gasteiger partial charge in [-0.15, -0.1) is 0 Å². The van der Waals surface area contributed by atoms with Gasteiger partial charge in [-0.3, -0.25) is 29.6 Å². The molecule has 2 aromatic heterocycles. The van der Waals surface area contributed by atoms with Crippen molar-refractivity contribution in [1.82, 2.24) is 24.8 Å². The number of nitrogens with one attached hydrogen (secondary N) is 2. The number of aromatic nitrogens is 2. The lowest BCUT2D eigenvalue weighted by molar-refractivity contribution is -0.125. The summed E-state index contributed by atoms with van der Waals surface area (Å²) in [5.74, 6) is 7.03. The summed E-state index contributed by atoms with van der Waals surface area (Å²) in [6, 6.07) is 9.05. The third-order valence-corrected chi connectivity index (χ3v) is 8.43. The molecule has 0 aliphatic carbocycles. The van der Waals surface area contributed by atoms with E-state index < -0.39 is 0 Å². The highest BCUT2D eigenvalue weighted by atomic mass is 35.5. The van der Waals surface area contributed by atoms with Crippen molar-refractivity contribution >= 4 is 29.1 Å². The first-order chi connectivity index (χ1) is 21.5. The maximum Gasteiger partial charge on any atom is 0.253 e. The second-order valence-corrected chi connectivity index (χ2v) is 11.3. The highest BCUT2D eigenvalue weighted by molar-refractivity contribution is 6.32. The van der Waals surface area contributed by atoms with Crippen molar-refractivity contribution in [3.63, 3.8) is 0 Å². The van der Waals surface area contributed by atoms with Crippen molar-refractivity contribution < 1.29 is 19.1 Å². The predicted octanol–water partition coefficient (Wildman–Crippen LogP) is 3.60. The summed E-state index contributed by atoms with van der Waals surface area (Å²) in [6.45, 7) is 5.15. The van der Waals surface area contributed by atoms with Crippen LogP contribution < -0.4 is 15.5 Å². The predicted molar refractivity (Wildman–Crippen MR) is 169 cm³/mol. The van der Waals surface area contributed by atoms with E-state index in [-0.39, 0.29) is 17.9 Å². The van der Waals surface area contributed by atoms with Gasteiger partial charge in [0.05, 0.1) is 59.6 Å². The molecule has 2 fully saturated rings. The number of pyridine rings is 1. The minimum atomic E-state index is -0.191. The molecule has 11 heteroatoms. The number of benzene rings is 1. The summed E-state index contributed by atoms with van der Waals surface area (Å²) in [6.07, 6.45) is 9.39. The summed E-state index contributed by atoms with van der Waals surface area (Å²) >= 11 is 6.42. The molecule has 0 saturated carbocycles. The SMILES string of the molecule is COc1c(Cl)cccc1Nn1c(-c2ccncc2C#C[C@H]2CCCN2C(=O)/C=C/CN2CCOCC2)cc2c1CCNC2=O. The number of halogens is 1. The van der Waals surface area contributed by atoms with Crippen LogP contribution in [0.25, 0.3) is 11.3 Å². The Hall–Kier alpha value is -4.30.